The number of imide groups is 2. The average Bonchev–Trinajstić information content (AvgIpc) is 2.73. The van der Waals surface area contributed by atoms with Gasteiger partial charge in [0.1, 0.15) is 11.4 Å². The summed E-state index contributed by atoms with van der Waals surface area (Å²) < 4.78 is 24.8. The Morgan fingerprint density at radius 3 is 2.52 bits per heavy atom. The SMILES string of the molecule is COc1cccc(/C=C2\C(=O)NC(=O)N(c3ccccc3F)C2=O)c1O[C@H](C)C(=O)O. The van der Waals surface area contributed by atoms with Crippen molar-refractivity contribution in [1.82, 2.24) is 5.32 Å². The van der Waals surface area contributed by atoms with Gasteiger partial charge in [-0.1, -0.05) is 24.3 Å². The molecular formula is C21H17FN2O7. The van der Waals surface area contributed by atoms with Gasteiger partial charge in [-0.05, 0) is 31.2 Å². The predicted molar refractivity (Wildman–Crippen MR) is 106 cm³/mol. The zero-order chi connectivity index (χ0) is 22.7. The number of aliphatic carboxylic acids is 1. The summed E-state index contributed by atoms with van der Waals surface area (Å²) in [6.07, 6.45) is -0.148. The first-order chi connectivity index (χ1) is 14.7. The smallest absolute Gasteiger partial charge is 0.344 e. The van der Waals surface area contributed by atoms with Crippen LogP contribution in [0.25, 0.3) is 6.08 Å². The van der Waals surface area contributed by atoms with E-state index in [1.165, 1.54) is 50.4 Å². The molecule has 0 aromatic heterocycles. The fraction of sp³-hybridized carbons (Fsp3) is 0.143. The largest absolute Gasteiger partial charge is 0.493 e. The lowest BCUT2D eigenvalue weighted by Crippen LogP contribution is -2.54. The van der Waals surface area contributed by atoms with E-state index in [2.05, 4.69) is 0 Å². The number of hydrogen-bond acceptors (Lipinski definition) is 6. The van der Waals surface area contributed by atoms with Crippen LogP contribution in [0.15, 0.2) is 48.0 Å². The highest BCUT2D eigenvalue weighted by atomic mass is 19.1. The number of carboxylic acids is 1. The van der Waals surface area contributed by atoms with Crippen LogP contribution in [0.4, 0.5) is 14.9 Å². The molecule has 1 atom stereocenters. The zero-order valence-corrected chi connectivity index (χ0v) is 16.4. The van der Waals surface area contributed by atoms with Crippen molar-refractivity contribution < 1.29 is 38.1 Å². The number of ether oxygens (including phenoxy) is 2. The van der Waals surface area contributed by atoms with E-state index in [-0.39, 0.29) is 22.7 Å². The van der Waals surface area contributed by atoms with Crippen LogP contribution in [0, 0.1) is 5.82 Å². The van der Waals surface area contributed by atoms with Crippen molar-refractivity contribution in [3.8, 4) is 11.5 Å². The molecule has 160 valence electrons. The summed E-state index contributed by atoms with van der Waals surface area (Å²) in [5.41, 5.74) is -0.664. The monoisotopic (exact) mass is 428 g/mol. The van der Waals surface area contributed by atoms with Crippen LogP contribution in [0.2, 0.25) is 0 Å². The van der Waals surface area contributed by atoms with Crippen molar-refractivity contribution in [3.63, 3.8) is 0 Å². The molecule has 3 rings (SSSR count). The molecule has 0 spiro atoms. The standard InChI is InChI=1S/C21H17FN2O7/c1-11(20(27)28)31-17-12(6-5-9-16(17)30-2)10-13-18(25)23-21(29)24(19(13)26)15-8-4-3-7-14(15)22/h3-11H,1-2H3,(H,27,28)(H,23,25,29)/b13-10+/t11-/m1/s1. The Morgan fingerprint density at radius 2 is 1.87 bits per heavy atom. The van der Waals surface area contributed by atoms with Gasteiger partial charge < -0.3 is 14.6 Å². The Labute approximate surface area is 175 Å². The van der Waals surface area contributed by atoms with Crippen LogP contribution in [-0.2, 0) is 14.4 Å². The Kier molecular flexibility index (Phi) is 6.00. The zero-order valence-electron chi connectivity index (χ0n) is 16.4. The molecule has 1 aliphatic heterocycles. The molecule has 10 heteroatoms. The lowest BCUT2D eigenvalue weighted by Gasteiger charge is -2.26. The maximum absolute atomic E-state index is 14.2. The first kappa shape index (κ1) is 21.5. The minimum atomic E-state index is -1.26. The molecule has 9 nitrogen and oxygen atoms in total. The lowest BCUT2D eigenvalue weighted by atomic mass is 10.1. The van der Waals surface area contributed by atoms with E-state index >= 15 is 0 Å². The number of carbonyl (C=O) groups excluding carboxylic acids is 3. The summed E-state index contributed by atoms with van der Waals surface area (Å²) in [5.74, 6) is -4.00. The second-order valence-corrected chi connectivity index (χ2v) is 6.39. The normalized spacial score (nSPS) is 16.2. The molecule has 2 aromatic carbocycles. The summed E-state index contributed by atoms with van der Waals surface area (Å²) in [6.45, 7) is 1.29. The average molecular weight is 428 g/mol. The van der Waals surface area contributed by atoms with Crippen LogP contribution in [0.3, 0.4) is 0 Å². The fourth-order valence-electron chi connectivity index (χ4n) is 2.83. The molecular weight excluding hydrogens is 411 g/mol. The van der Waals surface area contributed by atoms with E-state index in [9.17, 15) is 23.6 Å². The van der Waals surface area contributed by atoms with Gasteiger partial charge in [0.25, 0.3) is 11.8 Å². The van der Waals surface area contributed by atoms with Gasteiger partial charge in [-0.25, -0.2) is 18.9 Å². The lowest BCUT2D eigenvalue weighted by molar-refractivity contribution is -0.144. The number of carboxylic acid groups (broad SMARTS) is 1. The summed E-state index contributed by atoms with van der Waals surface area (Å²) in [6, 6.07) is 8.50. The number of urea groups is 1. The number of anilines is 1. The predicted octanol–water partition coefficient (Wildman–Crippen LogP) is 2.35. The van der Waals surface area contributed by atoms with Crippen molar-refractivity contribution in [2.45, 2.75) is 13.0 Å². The quantitative estimate of drug-likeness (QED) is 0.535. The van der Waals surface area contributed by atoms with Gasteiger partial charge >= 0.3 is 12.0 Å². The van der Waals surface area contributed by atoms with Crippen molar-refractivity contribution in [3.05, 3.63) is 59.4 Å². The van der Waals surface area contributed by atoms with E-state index in [4.69, 9.17) is 14.6 Å². The van der Waals surface area contributed by atoms with Crippen molar-refractivity contribution in [2.24, 2.45) is 0 Å². The van der Waals surface area contributed by atoms with E-state index in [1.807, 2.05) is 5.32 Å². The topological polar surface area (TPSA) is 122 Å². The van der Waals surface area contributed by atoms with E-state index in [0.717, 1.165) is 12.1 Å². The van der Waals surface area contributed by atoms with Gasteiger partial charge in [0, 0.05) is 5.56 Å². The summed E-state index contributed by atoms with van der Waals surface area (Å²) in [4.78, 5) is 49.2. The molecule has 2 N–H and O–H groups in total. The number of methoxy groups -OCH3 is 1. The fourth-order valence-corrected chi connectivity index (χ4v) is 2.83. The van der Waals surface area contributed by atoms with Crippen LogP contribution in [0.1, 0.15) is 12.5 Å². The number of barbiturate groups is 1. The van der Waals surface area contributed by atoms with E-state index in [1.54, 1.807) is 0 Å². The van der Waals surface area contributed by atoms with Crippen molar-refractivity contribution in [2.75, 3.05) is 12.0 Å². The minimum absolute atomic E-state index is 0.0256. The first-order valence-electron chi connectivity index (χ1n) is 8.97. The summed E-state index contributed by atoms with van der Waals surface area (Å²) in [7, 11) is 1.33. The van der Waals surface area contributed by atoms with Gasteiger partial charge in [-0.2, -0.15) is 0 Å². The maximum Gasteiger partial charge on any atom is 0.344 e. The van der Waals surface area contributed by atoms with Gasteiger partial charge in [0.05, 0.1) is 12.8 Å². The highest BCUT2D eigenvalue weighted by molar-refractivity contribution is 6.39. The molecule has 31 heavy (non-hydrogen) atoms. The van der Waals surface area contributed by atoms with Crippen LogP contribution in [0.5, 0.6) is 11.5 Å². The van der Waals surface area contributed by atoms with Crippen molar-refractivity contribution in [1.29, 1.82) is 0 Å². The van der Waals surface area contributed by atoms with Gasteiger partial charge in [0.15, 0.2) is 17.6 Å². The molecule has 0 saturated carbocycles. The molecule has 0 radical (unpaired) electrons. The third-order valence-corrected chi connectivity index (χ3v) is 4.37. The van der Waals surface area contributed by atoms with Gasteiger partial charge in [-0.15, -0.1) is 0 Å². The number of nitrogens with zero attached hydrogens (tertiary/aromatic N) is 1. The number of hydrogen-bond donors (Lipinski definition) is 2. The Balaban J connectivity index is 2.09. The molecule has 4 amide bonds. The highest BCUT2D eigenvalue weighted by Crippen LogP contribution is 2.34. The van der Waals surface area contributed by atoms with Crippen LogP contribution >= 0.6 is 0 Å². The molecule has 1 aliphatic rings. The number of para-hydroxylation sites is 2. The maximum atomic E-state index is 14.2. The number of amides is 4. The molecule has 0 bridgehead atoms. The molecule has 1 saturated heterocycles. The first-order valence-corrected chi connectivity index (χ1v) is 8.97. The molecule has 0 aliphatic carbocycles. The third-order valence-electron chi connectivity index (χ3n) is 4.37. The molecule has 0 unspecified atom stereocenters. The second kappa shape index (κ2) is 8.66. The number of rotatable bonds is 6. The Hall–Kier alpha value is -4.21. The second-order valence-electron chi connectivity index (χ2n) is 6.39. The Morgan fingerprint density at radius 1 is 1.16 bits per heavy atom. The third kappa shape index (κ3) is 4.22. The van der Waals surface area contributed by atoms with Gasteiger partial charge in [-0.3, -0.25) is 14.9 Å². The minimum Gasteiger partial charge on any atom is -0.493 e. The van der Waals surface area contributed by atoms with Crippen molar-refractivity contribution >= 4 is 35.6 Å². The number of nitrogens with one attached hydrogen (secondary N) is 1. The van der Waals surface area contributed by atoms with Gasteiger partial charge in [0.2, 0.25) is 0 Å². The number of halogens is 1. The van der Waals surface area contributed by atoms with E-state index < -0.39 is 41.3 Å². The molecule has 1 fully saturated rings. The molecule has 1 heterocycles. The summed E-state index contributed by atoms with van der Waals surface area (Å²) in [5, 5.41) is 11.1. The highest BCUT2D eigenvalue weighted by Gasteiger charge is 2.38. The van der Waals surface area contributed by atoms with Crippen LogP contribution in [-0.4, -0.2) is 42.1 Å². The summed E-state index contributed by atoms with van der Waals surface area (Å²) >= 11 is 0. The molecule has 2 aromatic rings. The Bertz CT molecular complexity index is 1110. The van der Waals surface area contributed by atoms with Crippen LogP contribution < -0.4 is 19.7 Å². The number of benzene rings is 2. The number of carbonyl (C=O) groups is 4. The van der Waals surface area contributed by atoms with E-state index in [0.29, 0.717) is 4.90 Å².